The van der Waals surface area contributed by atoms with Crippen LogP contribution in [0.5, 0.6) is 11.5 Å². The lowest BCUT2D eigenvalue weighted by Gasteiger charge is -2.37. The fraction of sp³-hybridized carbons (Fsp3) is 0.381. The first-order chi connectivity index (χ1) is 13.5. The highest BCUT2D eigenvalue weighted by atomic mass is 35.5. The molecule has 150 valence electrons. The van der Waals surface area contributed by atoms with Gasteiger partial charge in [-0.1, -0.05) is 17.7 Å². The van der Waals surface area contributed by atoms with Gasteiger partial charge in [-0.3, -0.25) is 4.79 Å². The summed E-state index contributed by atoms with van der Waals surface area (Å²) in [6.07, 6.45) is 0. The molecule has 0 N–H and O–H groups in total. The van der Waals surface area contributed by atoms with E-state index in [0.29, 0.717) is 17.3 Å². The minimum atomic E-state index is 0.155. The van der Waals surface area contributed by atoms with Gasteiger partial charge in [-0.05, 0) is 42.8 Å². The maximum Gasteiger partial charge on any atom is 0.233 e. The molecule has 0 saturated carbocycles. The van der Waals surface area contributed by atoms with E-state index in [2.05, 4.69) is 11.8 Å². The molecule has 0 unspecified atom stereocenters. The number of hydrogen-bond donors (Lipinski definition) is 0. The van der Waals surface area contributed by atoms with Crippen molar-refractivity contribution >= 4 is 35.0 Å². The zero-order valence-corrected chi connectivity index (χ0v) is 18.0. The van der Waals surface area contributed by atoms with E-state index >= 15 is 0 Å². The zero-order chi connectivity index (χ0) is 20.1. The second-order valence-electron chi connectivity index (χ2n) is 6.60. The van der Waals surface area contributed by atoms with E-state index in [1.807, 2.05) is 41.3 Å². The van der Waals surface area contributed by atoms with Crippen molar-refractivity contribution in [1.29, 1.82) is 0 Å². The van der Waals surface area contributed by atoms with Crippen molar-refractivity contribution in [1.82, 2.24) is 4.90 Å². The average Bonchev–Trinajstić information content (AvgIpc) is 2.73. The van der Waals surface area contributed by atoms with Gasteiger partial charge in [0, 0.05) is 41.8 Å². The van der Waals surface area contributed by atoms with Gasteiger partial charge in [0.2, 0.25) is 5.91 Å². The molecule has 0 radical (unpaired) electrons. The molecule has 2 aromatic rings. The summed E-state index contributed by atoms with van der Waals surface area (Å²) < 4.78 is 10.6. The monoisotopic (exact) mass is 420 g/mol. The molecule has 1 aliphatic heterocycles. The van der Waals surface area contributed by atoms with Crippen LogP contribution in [-0.4, -0.2) is 57.0 Å². The minimum absolute atomic E-state index is 0.155. The van der Waals surface area contributed by atoms with Gasteiger partial charge in [0.05, 0.1) is 20.0 Å². The number of halogens is 1. The quantitative estimate of drug-likeness (QED) is 0.658. The lowest BCUT2D eigenvalue weighted by Crippen LogP contribution is -2.49. The van der Waals surface area contributed by atoms with Crippen molar-refractivity contribution in [3.05, 3.63) is 47.0 Å². The Balaban J connectivity index is 1.53. The highest BCUT2D eigenvalue weighted by molar-refractivity contribution is 8.00. The van der Waals surface area contributed by atoms with Crippen LogP contribution in [0.2, 0.25) is 5.02 Å². The number of nitrogens with zero attached hydrogens (tertiary/aromatic N) is 2. The number of ether oxygens (including phenoxy) is 2. The Morgan fingerprint density at radius 3 is 2.43 bits per heavy atom. The first kappa shape index (κ1) is 20.7. The van der Waals surface area contributed by atoms with Crippen LogP contribution in [0.25, 0.3) is 0 Å². The molecule has 1 amide bonds. The van der Waals surface area contributed by atoms with E-state index in [1.165, 1.54) is 17.3 Å². The Hall–Kier alpha value is -2.05. The largest absolute Gasteiger partial charge is 0.493 e. The van der Waals surface area contributed by atoms with E-state index in [-0.39, 0.29) is 5.91 Å². The Bertz CT molecular complexity index is 838. The SMILES string of the molecule is COc1ccc(SCC(=O)N2CCN(c3cc(Cl)ccc3C)CC2)cc1OC. The van der Waals surface area contributed by atoms with Crippen LogP contribution in [0, 0.1) is 6.92 Å². The molecule has 5 nitrogen and oxygen atoms in total. The van der Waals surface area contributed by atoms with Crippen molar-refractivity contribution in [3.63, 3.8) is 0 Å². The number of carbonyl (C=O) groups is 1. The van der Waals surface area contributed by atoms with Gasteiger partial charge >= 0.3 is 0 Å². The molecule has 3 rings (SSSR count). The predicted octanol–water partition coefficient (Wildman–Crippen LogP) is 4.11. The number of hydrogen-bond acceptors (Lipinski definition) is 5. The number of piperazine rings is 1. The molecule has 7 heteroatoms. The molecular weight excluding hydrogens is 396 g/mol. The first-order valence-corrected chi connectivity index (χ1v) is 10.5. The molecule has 2 aromatic carbocycles. The summed E-state index contributed by atoms with van der Waals surface area (Å²) in [5.74, 6) is 1.92. The van der Waals surface area contributed by atoms with Crippen molar-refractivity contribution in [2.45, 2.75) is 11.8 Å². The lowest BCUT2D eigenvalue weighted by molar-refractivity contribution is -0.128. The van der Waals surface area contributed by atoms with Gasteiger partial charge in [0.25, 0.3) is 0 Å². The molecule has 0 spiro atoms. The van der Waals surface area contributed by atoms with Crippen molar-refractivity contribution in [3.8, 4) is 11.5 Å². The Morgan fingerprint density at radius 2 is 1.75 bits per heavy atom. The van der Waals surface area contributed by atoms with Gasteiger partial charge in [0.1, 0.15) is 0 Å². The summed E-state index contributed by atoms with van der Waals surface area (Å²) >= 11 is 7.66. The fourth-order valence-electron chi connectivity index (χ4n) is 3.26. The van der Waals surface area contributed by atoms with Crippen LogP contribution in [-0.2, 0) is 4.79 Å². The lowest BCUT2D eigenvalue weighted by atomic mass is 10.1. The van der Waals surface area contributed by atoms with Crippen LogP contribution in [0.15, 0.2) is 41.3 Å². The molecule has 0 aromatic heterocycles. The Morgan fingerprint density at radius 1 is 1.04 bits per heavy atom. The maximum absolute atomic E-state index is 12.6. The standard InChI is InChI=1S/C21H25ClN2O3S/c1-15-4-5-16(22)12-18(15)23-8-10-24(11-9-23)21(25)14-28-17-6-7-19(26-2)20(13-17)27-3/h4-7,12-13H,8-11,14H2,1-3H3. The fourth-order valence-corrected chi connectivity index (χ4v) is 4.26. The zero-order valence-electron chi connectivity index (χ0n) is 16.4. The smallest absolute Gasteiger partial charge is 0.233 e. The van der Waals surface area contributed by atoms with Crippen molar-refractivity contribution < 1.29 is 14.3 Å². The number of anilines is 1. The summed E-state index contributed by atoms with van der Waals surface area (Å²) in [5.41, 5.74) is 2.35. The summed E-state index contributed by atoms with van der Waals surface area (Å²) in [7, 11) is 3.22. The highest BCUT2D eigenvalue weighted by Gasteiger charge is 2.22. The van der Waals surface area contributed by atoms with Gasteiger partial charge in [-0.2, -0.15) is 0 Å². The Kier molecular flexibility index (Phi) is 6.97. The van der Waals surface area contributed by atoms with E-state index < -0.39 is 0 Å². The van der Waals surface area contributed by atoms with E-state index in [9.17, 15) is 4.79 Å². The van der Waals surface area contributed by atoms with Gasteiger partial charge in [-0.15, -0.1) is 11.8 Å². The van der Waals surface area contributed by atoms with E-state index in [4.69, 9.17) is 21.1 Å². The average molecular weight is 421 g/mol. The number of thioether (sulfide) groups is 1. The third-order valence-electron chi connectivity index (χ3n) is 4.86. The van der Waals surface area contributed by atoms with Gasteiger partial charge < -0.3 is 19.3 Å². The first-order valence-electron chi connectivity index (χ1n) is 9.15. The van der Waals surface area contributed by atoms with Crippen LogP contribution >= 0.6 is 23.4 Å². The number of methoxy groups -OCH3 is 2. The van der Waals surface area contributed by atoms with Crippen molar-refractivity contribution in [2.75, 3.05) is 51.1 Å². The van der Waals surface area contributed by atoms with E-state index in [1.54, 1.807) is 14.2 Å². The third-order valence-corrected chi connectivity index (χ3v) is 6.08. The van der Waals surface area contributed by atoms with Crippen LogP contribution < -0.4 is 14.4 Å². The summed E-state index contributed by atoms with van der Waals surface area (Å²) in [6, 6.07) is 11.6. The predicted molar refractivity (Wildman–Crippen MR) is 115 cm³/mol. The van der Waals surface area contributed by atoms with E-state index in [0.717, 1.165) is 41.8 Å². The number of benzene rings is 2. The Labute approximate surface area is 175 Å². The molecule has 1 saturated heterocycles. The number of amides is 1. The van der Waals surface area contributed by atoms with Crippen LogP contribution in [0.4, 0.5) is 5.69 Å². The molecule has 1 fully saturated rings. The topological polar surface area (TPSA) is 42.0 Å². The van der Waals surface area contributed by atoms with Gasteiger partial charge in [0.15, 0.2) is 11.5 Å². The maximum atomic E-state index is 12.6. The normalized spacial score (nSPS) is 14.1. The number of carbonyl (C=O) groups excluding carboxylic acids is 1. The summed E-state index contributed by atoms with van der Waals surface area (Å²) in [6.45, 7) is 5.15. The second kappa shape index (κ2) is 9.43. The second-order valence-corrected chi connectivity index (χ2v) is 8.09. The number of aryl methyl sites for hydroxylation is 1. The third kappa shape index (κ3) is 4.86. The van der Waals surface area contributed by atoms with Crippen LogP contribution in [0.3, 0.4) is 0 Å². The summed E-state index contributed by atoms with van der Waals surface area (Å²) in [4.78, 5) is 17.8. The number of rotatable bonds is 6. The molecule has 0 atom stereocenters. The summed E-state index contributed by atoms with van der Waals surface area (Å²) in [5, 5.41) is 0.741. The molecular formula is C21H25ClN2O3S. The minimum Gasteiger partial charge on any atom is -0.493 e. The van der Waals surface area contributed by atoms with Crippen molar-refractivity contribution in [2.24, 2.45) is 0 Å². The highest BCUT2D eigenvalue weighted by Crippen LogP contribution is 2.32. The molecule has 0 aliphatic carbocycles. The molecule has 28 heavy (non-hydrogen) atoms. The molecule has 1 heterocycles. The molecule has 0 bridgehead atoms. The van der Waals surface area contributed by atoms with Crippen LogP contribution in [0.1, 0.15) is 5.56 Å². The van der Waals surface area contributed by atoms with Gasteiger partial charge in [-0.25, -0.2) is 0 Å². The molecule has 1 aliphatic rings.